The normalized spacial score (nSPS) is 18.6. The van der Waals surface area contributed by atoms with Gasteiger partial charge in [0.1, 0.15) is 36.3 Å². The molecule has 7 rings (SSSR count). The smallest absolute Gasteiger partial charge is 0.414 e. The van der Waals surface area contributed by atoms with E-state index in [4.69, 9.17) is 18.6 Å². The largest absolute Gasteiger partial charge is 0.488 e. The summed E-state index contributed by atoms with van der Waals surface area (Å²) in [5.74, 6) is -2.14. The van der Waals surface area contributed by atoms with E-state index in [1.54, 1.807) is 12.1 Å². The molecule has 298 valence electrons. The van der Waals surface area contributed by atoms with Gasteiger partial charge in [0.15, 0.2) is 19.9 Å². The number of aliphatic hydroxyl groups is 1. The topological polar surface area (TPSA) is 120 Å². The van der Waals surface area contributed by atoms with Gasteiger partial charge < -0.3 is 33.2 Å². The number of carbonyl (C=O) groups is 2. The Morgan fingerprint density at radius 2 is 1.71 bits per heavy atom. The maximum Gasteiger partial charge on any atom is 0.414 e. The second kappa shape index (κ2) is 15.3. The van der Waals surface area contributed by atoms with Crippen molar-refractivity contribution in [3.63, 3.8) is 0 Å². The maximum absolute atomic E-state index is 15.8. The second-order valence-corrected chi connectivity index (χ2v) is 21.5. The Morgan fingerprint density at radius 1 is 1.00 bits per heavy atom. The van der Waals surface area contributed by atoms with Crippen LogP contribution in [-0.4, -0.2) is 74.6 Å². The van der Waals surface area contributed by atoms with E-state index in [0.717, 1.165) is 18.4 Å². The minimum Gasteiger partial charge on any atom is -0.488 e. The second-order valence-electron chi connectivity index (χ2n) is 16.7. The van der Waals surface area contributed by atoms with Gasteiger partial charge in [-0.15, -0.1) is 0 Å². The number of hydrogen-bond acceptors (Lipinski definition) is 9. The minimum atomic E-state index is -2.05. The number of piperidine rings is 1. The van der Waals surface area contributed by atoms with Crippen molar-refractivity contribution in [3.05, 3.63) is 99.8 Å². The highest BCUT2D eigenvalue weighted by Crippen LogP contribution is 2.40. The third-order valence-corrected chi connectivity index (χ3v) is 16.0. The van der Waals surface area contributed by atoms with Crippen molar-refractivity contribution in [2.75, 3.05) is 42.6 Å². The lowest BCUT2D eigenvalue weighted by atomic mass is 9.92. The number of amides is 1. The third-order valence-electron chi connectivity index (χ3n) is 11.5. The molecule has 1 aliphatic carbocycles. The van der Waals surface area contributed by atoms with E-state index in [1.165, 1.54) is 29.3 Å². The number of halogens is 2. The van der Waals surface area contributed by atoms with Crippen LogP contribution in [0.2, 0.25) is 18.1 Å². The number of hydrogen-bond donors (Lipinski definition) is 1. The van der Waals surface area contributed by atoms with Crippen molar-refractivity contribution in [2.24, 2.45) is 0 Å². The lowest BCUT2D eigenvalue weighted by Gasteiger charge is -2.39. The molecule has 1 aromatic heterocycles. The van der Waals surface area contributed by atoms with Crippen LogP contribution < -0.4 is 20.0 Å². The van der Waals surface area contributed by atoms with Crippen LogP contribution >= 0.6 is 0 Å². The molecular weight excluding hydrogens is 741 g/mol. The molecule has 1 saturated carbocycles. The quantitative estimate of drug-likeness (QED) is 0.114. The Hall–Kier alpha value is -4.79. The Kier molecular flexibility index (Phi) is 10.8. The van der Waals surface area contributed by atoms with Crippen molar-refractivity contribution in [1.29, 1.82) is 0 Å². The summed E-state index contributed by atoms with van der Waals surface area (Å²) in [7, 11) is -2.05. The predicted molar refractivity (Wildman–Crippen MR) is 211 cm³/mol. The van der Waals surface area contributed by atoms with Crippen molar-refractivity contribution in [1.82, 2.24) is 4.57 Å². The number of pyridine rings is 1. The molecule has 4 aromatic rings. The first kappa shape index (κ1) is 39.4. The number of aromatic nitrogens is 1. The standard InChI is InChI=1S/C42H49F2N3O8Si/c1-41(2,3)56(4,5)54-25-30-22-47(40(50)55-30)29-13-14-37(34(44)19-29)53-26-42(51)15-17-45(18-16-42)36-21-35-31(20-33(36)43)38(48)32(23-46(35)28-11-12-28)39(49)52-24-27-9-7-6-8-10-27/h6-10,13-14,19-21,23,28,30,51H,11-12,15-18,22,24-26H2,1-5H3. The Morgan fingerprint density at radius 3 is 2.38 bits per heavy atom. The molecule has 3 aliphatic rings. The fourth-order valence-electron chi connectivity index (χ4n) is 6.83. The first-order chi connectivity index (χ1) is 26.5. The molecule has 3 fully saturated rings. The van der Waals surface area contributed by atoms with E-state index < -0.39 is 49.1 Å². The van der Waals surface area contributed by atoms with E-state index in [0.29, 0.717) is 11.2 Å². The van der Waals surface area contributed by atoms with Crippen LogP contribution in [-0.2, 0) is 20.5 Å². The zero-order valence-corrected chi connectivity index (χ0v) is 33.5. The van der Waals surface area contributed by atoms with E-state index >= 15 is 8.78 Å². The van der Waals surface area contributed by atoms with Crippen LogP contribution in [0.1, 0.15) is 68.4 Å². The van der Waals surface area contributed by atoms with Crippen LogP contribution in [0.15, 0.2) is 71.7 Å². The molecular formula is C42H49F2N3O8Si. The molecule has 1 unspecified atom stereocenters. The van der Waals surface area contributed by atoms with Crippen LogP contribution in [0.4, 0.5) is 25.0 Å². The third kappa shape index (κ3) is 8.32. The number of fused-ring (bicyclic) bond motifs is 1. The molecule has 1 N–H and O–H groups in total. The summed E-state index contributed by atoms with van der Waals surface area (Å²) in [5, 5.41) is 11.5. The van der Waals surface area contributed by atoms with Crippen LogP contribution in [0.25, 0.3) is 10.9 Å². The molecule has 1 atom stereocenters. The molecule has 3 heterocycles. The Labute approximate surface area is 325 Å². The highest BCUT2D eigenvalue weighted by molar-refractivity contribution is 6.74. The fraction of sp³-hybridized carbons (Fsp3) is 0.452. The van der Waals surface area contributed by atoms with E-state index in [1.807, 2.05) is 39.8 Å². The molecule has 11 nitrogen and oxygen atoms in total. The maximum atomic E-state index is 15.8. The summed E-state index contributed by atoms with van der Waals surface area (Å²) in [6.45, 7) is 11.5. The van der Waals surface area contributed by atoms with E-state index in [-0.39, 0.29) is 85.8 Å². The Bertz CT molecular complexity index is 2180. The van der Waals surface area contributed by atoms with Gasteiger partial charge in [0.2, 0.25) is 5.43 Å². The lowest BCUT2D eigenvalue weighted by Crippen LogP contribution is -2.48. The first-order valence-electron chi connectivity index (χ1n) is 19.1. The van der Waals surface area contributed by atoms with Crippen LogP contribution in [0.3, 0.4) is 0 Å². The number of nitrogens with zero attached hydrogens (tertiary/aromatic N) is 3. The molecule has 0 bridgehead atoms. The van der Waals surface area contributed by atoms with Crippen molar-refractivity contribution < 1.29 is 42.1 Å². The van der Waals surface area contributed by atoms with Crippen molar-refractivity contribution >= 4 is 42.7 Å². The summed E-state index contributed by atoms with van der Waals surface area (Å²) < 4.78 is 55.9. The van der Waals surface area contributed by atoms with Gasteiger partial charge in [0.25, 0.3) is 0 Å². The van der Waals surface area contributed by atoms with E-state index in [9.17, 15) is 19.5 Å². The average molecular weight is 790 g/mol. The SMILES string of the molecule is CC(C)(C)[Si](C)(C)OCC1CN(c2ccc(OCC3(O)CCN(c4cc5c(cc4F)c(=O)c(C(=O)OCc4ccccc4)cn5C4CC4)CC3)c(F)c2)C(=O)O1. The predicted octanol–water partition coefficient (Wildman–Crippen LogP) is 7.73. The lowest BCUT2D eigenvalue weighted by molar-refractivity contribution is -0.0250. The number of rotatable bonds is 12. The highest BCUT2D eigenvalue weighted by Gasteiger charge is 2.40. The number of cyclic esters (lactones) is 1. The van der Waals surface area contributed by atoms with Crippen LogP contribution in [0, 0.1) is 11.6 Å². The zero-order valence-electron chi connectivity index (χ0n) is 32.5. The molecule has 0 radical (unpaired) electrons. The van der Waals surface area contributed by atoms with E-state index in [2.05, 4.69) is 33.9 Å². The van der Waals surface area contributed by atoms with Crippen molar-refractivity contribution in [2.45, 2.75) is 88.9 Å². The molecule has 2 aliphatic heterocycles. The number of carbonyl (C=O) groups excluding carboxylic acids is 2. The number of anilines is 2. The number of benzene rings is 3. The summed E-state index contributed by atoms with van der Waals surface area (Å²) in [6, 6.07) is 16.2. The number of ether oxygens (including phenoxy) is 3. The van der Waals surface area contributed by atoms with Gasteiger partial charge in [-0.1, -0.05) is 51.1 Å². The van der Waals surface area contributed by atoms with Crippen molar-refractivity contribution in [3.8, 4) is 5.75 Å². The Balaban J connectivity index is 0.977. The monoisotopic (exact) mass is 789 g/mol. The van der Waals surface area contributed by atoms with Gasteiger partial charge in [0.05, 0.1) is 30.0 Å². The minimum absolute atomic E-state index is 0.00562. The van der Waals surface area contributed by atoms with Gasteiger partial charge in [0, 0.05) is 36.8 Å². The van der Waals surface area contributed by atoms with Gasteiger partial charge in [-0.25, -0.2) is 18.4 Å². The average Bonchev–Trinajstić information content (AvgIpc) is 3.94. The zero-order chi connectivity index (χ0) is 40.0. The summed E-state index contributed by atoms with van der Waals surface area (Å²) in [6.07, 6.45) is 2.62. The molecule has 2 saturated heterocycles. The summed E-state index contributed by atoms with van der Waals surface area (Å²) in [5.41, 5.74) is -0.135. The molecule has 3 aromatic carbocycles. The van der Waals surface area contributed by atoms with Gasteiger partial charge in [-0.05, 0) is 73.6 Å². The summed E-state index contributed by atoms with van der Waals surface area (Å²) >= 11 is 0. The molecule has 14 heteroatoms. The molecule has 0 spiro atoms. The van der Waals surface area contributed by atoms with Gasteiger partial charge in [-0.3, -0.25) is 9.69 Å². The number of esters is 1. The first-order valence-corrected chi connectivity index (χ1v) is 22.0. The summed E-state index contributed by atoms with van der Waals surface area (Å²) in [4.78, 5) is 42.4. The van der Waals surface area contributed by atoms with Crippen LogP contribution in [0.5, 0.6) is 5.75 Å². The molecule has 1 amide bonds. The fourth-order valence-corrected chi connectivity index (χ4v) is 7.87. The highest BCUT2D eigenvalue weighted by atomic mass is 28.4. The van der Waals surface area contributed by atoms with Gasteiger partial charge >= 0.3 is 12.1 Å². The van der Waals surface area contributed by atoms with Gasteiger partial charge in [-0.2, -0.15) is 0 Å². The molecule has 56 heavy (non-hydrogen) atoms.